The van der Waals surface area contributed by atoms with Crippen LogP contribution < -0.4 is 9.95 Å². The fraction of sp³-hybridized carbons (Fsp3) is 0.286. The molecule has 0 spiro atoms. The molecule has 2 heterocycles. The second-order valence-electron chi connectivity index (χ2n) is 8.12. The highest BCUT2D eigenvalue weighted by Crippen LogP contribution is 2.48. The van der Waals surface area contributed by atoms with Crippen molar-refractivity contribution < 1.29 is 33.5 Å². The number of β-amino-alcohol motifs (C(OH)–C–C–N with tert-alkyl or cyclic N) is 1. The monoisotopic (exact) mass is 491 g/mol. The van der Waals surface area contributed by atoms with Crippen LogP contribution in [-0.4, -0.2) is 58.4 Å². The largest absolute Gasteiger partial charge is 0.524 e. The number of hydrogen-bond acceptors (Lipinski definition) is 7. The summed E-state index contributed by atoms with van der Waals surface area (Å²) < 4.78 is 22.2. The van der Waals surface area contributed by atoms with Gasteiger partial charge in [0.25, 0.3) is 0 Å². The summed E-state index contributed by atoms with van der Waals surface area (Å²) in [6.45, 7) is 0.605. The summed E-state index contributed by atoms with van der Waals surface area (Å²) in [6.07, 6.45) is 0.310. The van der Waals surface area contributed by atoms with Crippen molar-refractivity contribution in [2.45, 2.75) is 17.8 Å². The topological polar surface area (TPSA) is 141 Å². The predicted octanol–water partition coefficient (Wildman–Crippen LogP) is 2.57. The Balaban J connectivity index is 2.06. The lowest BCUT2D eigenvalue weighted by molar-refractivity contribution is 0.0260. The molecule has 1 aliphatic rings. The van der Waals surface area contributed by atoms with E-state index in [2.05, 4.69) is 4.52 Å². The number of likely N-dealkylation sites (N-methyl/N-ethyl adjacent to an activating group) is 1. The third kappa shape index (κ3) is 4.68. The second-order valence-corrected chi connectivity index (χ2v) is 9.69. The van der Waals surface area contributed by atoms with Gasteiger partial charge in [0.15, 0.2) is 5.43 Å². The number of phenolic OH excluding ortho intramolecular Hbond substituents is 1. The molecule has 4 N–H and O–H groups in total. The molecule has 3 aromatic rings. The van der Waals surface area contributed by atoms with Gasteiger partial charge in [-0.3, -0.25) is 14.6 Å². The molecule has 2 unspecified atom stereocenters. The fourth-order valence-corrected chi connectivity index (χ4v) is 4.88. The number of rotatable bonds is 4. The number of nitrogens with zero attached hydrogens (tertiary/aromatic N) is 1. The summed E-state index contributed by atoms with van der Waals surface area (Å²) in [5, 5.41) is 21.8. The summed E-state index contributed by atoms with van der Waals surface area (Å²) >= 11 is 6.26. The average Bonchev–Trinajstić information content (AvgIpc) is 2.67. The van der Waals surface area contributed by atoms with Gasteiger partial charge >= 0.3 is 7.82 Å². The highest BCUT2D eigenvalue weighted by molar-refractivity contribution is 7.46. The number of aromatic hydroxyl groups is 1. The molecule has 0 bridgehead atoms. The standard InChI is InChI=1S/C21H20BClNO8P/c1-24-7-6-12(21(22,27)10-24)18-14(25)9-17(32-33(28,29)30)19-15(26)8-16(31-20(18)19)11-4-2-3-5-13(11)23/h2-5,8-9,12,25,27H,6-7,10H2,1H3,(H2,28,29,30). The summed E-state index contributed by atoms with van der Waals surface area (Å²) in [7, 11) is 2.85. The number of hydrogen-bond donors (Lipinski definition) is 4. The van der Waals surface area contributed by atoms with E-state index in [1.165, 1.54) is 0 Å². The summed E-state index contributed by atoms with van der Waals surface area (Å²) in [5.41, 5.74) is -2.27. The molecule has 2 radical (unpaired) electrons. The number of phosphoric ester groups is 1. The minimum Gasteiger partial charge on any atom is -0.507 e. The van der Waals surface area contributed by atoms with Crippen molar-refractivity contribution in [2.24, 2.45) is 0 Å². The average molecular weight is 492 g/mol. The lowest BCUT2D eigenvalue weighted by Gasteiger charge is -2.42. The van der Waals surface area contributed by atoms with Crippen LogP contribution in [0.4, 0.5) is 0 Å². The molecule has 12 heteroatoms. The molecule has 1 fully saturated rings. The maximum atomic E-state index is 13.1. The van der Waals surface area contributed by atoms with Gasteiger partial charge in [0.05, 0.1) is 5.02 Å². The highest BCUT2D eigenvalue weighted by Gasteiger charge is 2.41. The molecule has 0 amide bonds. The molecule has 33 heavy (non-hydrogen) atoms. The van der Waals surface area contributed by atoms with Crippen LogP contribution in [0.3, 0.4) is 0 Å². The summed E-state index contributed by atoms with van der Waals surface area (Å²) in [5.74, 6) is -1.86. The zero-order valence-electron chi connectivity index (χ0n) is 17.4. The molecule has 2 aromatic carbocycles. The van der Waals surface area contributed by atoms with Gasteiger partial charge < -0.3 is 24.1 Å². The van der Waals surface area contributed by atoms with Crippen LogP contribution in [0.5, 0.6) is 11.5 Å². The van der Waals surface area contributed by atoms with E-state index in [-0.39, 0.29) is 28.8 Å². The van der Waals surface area contributed by atoms with Crippen molar-refractivity contribution in [3.05, 3.63) is 57.2 Å². The van der Waals surface area contributed by atoms with Crippen LogP contribution in [0.25, 0.3) is 22.3 Å². The Kier molecular flexibility index (Phi) is 6.11. The molecule has 1 aliphatic heterocycles. The van der Waals surface area contributed by atoms with E-state index in [9.17, 15) is 29.4 Å². The van der Waals surface area contributed by atoms with Gasteiger partial charge in [0.2, 0.25) is 0 Å². The van der Waals surface area contributed by atoms with Crippen LogP contribution >= 0.6 is 19.4 Å². The molecule has 172 valence electrons. The number of fused-ring (bicyclic) bond motifs is 1. The molecular formula is C21H20BClNO8P. The number of aliphatic hydroxyl groups is 1. The summed E-state index contributed by atoms with van der Waals surface area (Å²) in [4.78, 5) is 33.5. The van der Waals surface area contributed by atoms with Gasteiger partial charge in [-0.2, -0.15) is 0 Å². The van der Waals surface area contributed by atoms with Crippen LogP contribution in [-0.2, 0) is 4.57 Å². The molecular weight excluding hydrogens is 471 g/mol. The predicted molar refractivity (Wildman–Crippen MR) is 123 cm³/mol. The Hall–Kier alpha value is -2.33. The van der Waals surface area contributed by atoms with Crippen LogP contribution in [0.2, 0.25) is 5.02 Å². The first kappa shape index (κ1) is 23.8. The molecule has 4 rings (SSSR count). The van der Waals surface area contributed by atoms with E-state index >= 15 is 0 Å². The highest BCUT2D eigenvalue weighted by atomic mass is 35.5. The molecule has 0 aliphatic carbocycles. The Morgan fingerprint density at radius 3 is 2.64 bits per heavy atom. The minimum absolute atomic E-state index is 0.0344. The number of phenols is 1. The van der Waals surface area contributed by atoms with Gasteiger partial charge in [-0.05, 0) is 32.1 Å². The molecule has 0 saturated carbocycles. The number of phosphoric acid groups is 1. The van der Waals surface area contributed by atoms with Crippen molar-refractivity contribution >= 4 is 38.2 Å². The third-order valence-corrected chi connectivity index (χ3v) is 6.38. The molecule has 2 atom stereocenters. The van der Waals surface area contributed by atoms with Crippen molar-refractivity contribution in [1.29, 1.82) is 0 Å². The molecule has 1 aromatic heterocycles. The first-order valence-electron chi connectivity index (χ1n) is 9.91. The number of halogens is 1. The van der Waals surface area contributed by atoms with Gasteiger partial charge in [-0.25, -0.2) is 4.57 Å². The van der Waals surface area contributed by atoms with Crippen molar-refractivity contribution in [3.63, 3.8) is 0 Å². The van der Waals surface area contributed by atoms with Gasteiger partial charge in [0, 0.05) is 41.2 Å². The Bertz CT molecular complexity index is 1340. The van der Waals surface area contributed by atoms with Crippen LogP contribution in [0.1, 0.15) is 17.9 Å². The Morgan fingerprint density at radius 2 is 2.00 bits per heavy atom. The second kappa shape index (κ2) is 8.47. The zero-order valence-corrected chi connectivity index (χ0v) is 19.1. The lowest BCUT2D eigenvalue weighted by atomic mass is 9.65. The molecule has 9 nitrogen and oxygen atoms in total. The van der Waals surface area contributed by atoms with E-state index in [4.69, 9.17) is 23.9 Å². The van der Waals surface area contributed by atoms with Crippen molar-refractivity contribution in [2.75, 3.05) is 20.1 Å². The van der Waals surface area contributed by atoms with E-state index in [1.807, 2.05) is 4.90 Å². The van der Waals surface area contributed by atoms with E-state index in [0.29, 0.717) is 23.6 Å². The van der Waals surface area contributed by atoms with Crippen molar-refractivity contribution in [3.8, 4) is 22.8 Å². The van der Waals surface area contributed by atoms with Crippen molar-refractivity contribution in [1.82, 2.24) is 4.90 Å². The Labute approximate surface area is 194 Å². The maximum absolute atomic E-state index is 13.1. The van der Waals surface area contributed by atoms with Gasteiger partial charge in [-0.1, -0.05) is 23.7 Å². The molecule has 1 saturated heterocycles. The normalized spacial score (nSPS) is 21.9. The number of piperidine rings is 1. The maximum Gasteiger partial charge on any atom is 0.524 e. The SMILES string of the molecule is [B]C1(O)CN(C)CCC1c1c(O)cc(OP(=O)(O)O)c2c(=O)cc(-c3ccccc3Cl)oc12. The first-order valence-corrected chi connectivity index (χ1v) is 11.8. The minimum atomic E-state index is -5.08. The zero-order chi connectivity index (χ0) is 24.1. The van der Waals surface area contributed by atoms with Crippen LogP contribution in [0, 0.1) is 0 Å². The first-order chi connectivity index (χ1) is 15.4. The van der Waals surface area contributed by atoms with E-state index in [1.54, 1.807) is 31.3 Å². The van der Waals surface area contributed by atoms with E-state index in [0.717, 1.165) is 12.1 Å². The third-order valence-electron chi connectivity index (χ3n) is 5.61. The lowest BCUT2D eigenvalue weighted by Crippen LogP contribution is -2.52. The number of likely N-dealkylation sites (tertiary alicyclic amines) is 1. The van der Waals surface area contributed by atoms with E-state index < -0.39 is 36.2 Å². The quantitative estimate of drug-likeness (QED) is 0.320. The van der Waals surface area contributed by atoms with Gasteiger partial charge in [-0.15, -0.1) is 0 Å². The fourth-order valence-electron chi connectivity index (χ4n) is 4.25. The smallest absolute Gasteiger partial charge is 0.507 e. The van der Waals surface area contributed by atoms with Gasteiger partial charge in [0.1, 0.15) is 36.1 Å². The van der Waals surface area contributed by atoms with Crippen LogP contribution in [0.15, 0.2) is 45.6 Å². The summed E-state index contributed by atoms with van der Waals surface area (Å²) in [6, 6.07) is 8.63. The Morgan fingerprint density at radius 1 is 1.30 bits per heavy atom. The number of benzene rings is 2.